The maximum atomic E-state index is 5.45. The van der Waals surface area contributed by atoms with Gasteiger partial charge in [-0.15, -0.1) is 0 Å². The van der Waals surface area contributed by atoms with Crippen molar-refractivity contribution < 1.29 is 9.26 Å². The Labute approximate surface area is 105 Å². The van der Waals surface area contributed by atoms with Gasteiger partial charge >= 0.3 is 0 Å². The fourth-order valence-corrected chi connectivity index (χ4v) is 2.17. The summed E-state index contributed by atoms with van der Waals surface area (Å²) in [5.74, 6) is 0.629. The number of hydrogen-bond acceptors (Lipinski definition) is 5. The minimum Gasteiger partial charge on any atom is -0.379 e. The molecule has 1 fully saturated rings. The van der Waals surface area contributed by atoms with E-state index in [1.165, 1.54) is 12.0 Å². The van der Waals surface area contributed by atoms with Gasteiger partial charge in [-0.25, -0.2) is 0 Å². The third kappa shape index (κ3) is 2.57. The molecule has 0 radical (unpaired) electrons. The lowest BCUT2D eigenvalue weighted by Gasteiger charge is -2.23. The van der Waals surface area contributed by atoms with Crippen molar-refractivity contribution in [2.24, 2.45) is 0 Å². The molecule has 0 amide bonds. The molecule has 3 rings (SSSR count). The molecule has 0 bridgehead atoms. The highest BCUT2D eigenvalue weighted by atomic mass is 16.5. The van der Waals surface area contributed by atoms with Gasteiger partial charge in [0.15, 0.2) is 0 Å². The molecular weight excluding hydrogens is 230 g/mol. The van der Waals surface area contributed by atoms with Crippen LogP contribution >= 0.6 is 0 Å². The number of nitrogens with one attached hydrogen (secondary N) is 1. The van der Waals surface area contributed by atoms with Crippen molar-refractivity contribution in [1.29, 1.82) is 0 Å². The summed E-state index contributed by atoms with van der Waals surface area (Å²) in [5, 5.41) is 7.30. The molecule has 1 saturated heterocycles. The van der Waals surface area contributed by atoms with Gasteiger partial charge in [-0.05, 0) is 18.1 Å². The minimum atomic E-state index is 0.388. The number of aromatic nitrogens is 2. The molecule has 0 saturated carbocycles. The van der Waals surface area contributed by atoms with E-state index in [1.54, 1.807) is 0 Å². The Hall–Kier alpha value is -1.72. The van der Waals surface area contributed by atoms with Crippen molar-refractivity contribution in [2.75, 3.05) is 19.8 Å². The van der Waals surface area contributed by atoms with Crippen molar-refractivity contribution in [2.45, 2.75) is 12.5 Å². The molecule has 2 heterocycles. The predicted octanol–water partition coefficient (Wildman–Crippen LogP) is 1.27. The molecule has 1 aromatic carbocycles. The third-order valence-corrected chi connectivity index (χ3v) is 3.03. The van der Waals surface area contributed by atoms with E-state index in [2.05, 4.69) is 27.6 Å². The van der Waals surface area contributed by atoms with Crippen LogP contribution in [0.4, 0.5) is 0 Å². The van der Waals surface area contributed by atoms with Crippen molar-refractivity contribution in [3.8, 4) is 11.4 Å². The lowest BCUT2D eigenvalue weighted by molar-refractivity contribution is 0.0770. The number of ether oxygens (including phenoxy) is 1. The molecule has 1 aliphatic heterocycles. The van der Waals surface area contributed by atoms with Gasteiger partial charge in [0.25, 0.3) is 0 Å². The first-order valence-corrected chi connectivity index (χ1v) is 6.08. The molecule has 1 N–H and O–H groups in total. The summed E-state index contributed by atoms with van der Waals surface area (Å²) in [4.78, 5) is 4.06. The maximum Gasteiger partial charge on any atom is 0.214 e. The molecule has 0 spiro atoms. The van der Waals surface area contributed by atoms with E-state index in [0.717, 1.165) is 31.7 Å². The zero-order valence-electron chi connectivity index (χ0n) is 10.0. The van der Waals surface area contributed by atoms with E-state index in [-0.39, 0.29) is 0 Å². The Morgan fingerprint density at radius 2 is 2.39 bits per heavy atom. The molecule has 1 unspecified atom stereocenters. The molecule has 94 valence electrons. The zero-order valence-corrected chi connectivity index (χ0v) is 10.0. The van der Waals surface area contributed by atoms with Crippen LogP contribution in [0.25, 0.3) is 11.4 Å². The van der Waals surface area contributed by atoms with Gasteiger partial charge in [0.05, 0.1) is 13.2 Å². The van der Waals surface area contributed by atoms with Gasteiger partial charge in [-0.3, -0.25) is 0 Å². The van der Waals surface area contributed by atoms with Crippen LogP contribution in [-0.2, 0) is 11.2 Å². The van der Waals surface area contributed by atoms with Crippen LogP contribution in [0.15, 0.2) is 35.2 Å². The summed E-state index contributed by atoms with van der Waals surface area (Å²) in [5.41, 5.74) is 2.23. The molecular formula is C13H15N3O2. The first kappa shape index (κ1) is 11.4. The summed E-state index contributed by atoms with van der Waals surface area (Å²) in [6.07, 6.45) is 2.30. The lowest BCUT2D eigenvalue weighted by atomic mass is 10.0. The summed E-state index contributed by atoms with van der Waals surface area (Å²) >= 11 is 0. The number of rotatable bonds is 3. The van der Waals surface area contributed by atoms with Crippen molar-refractivity contribution in [3.63, 3.8) is 0 Å². The second kappa shape index (κ2) is 5.29. The third-order valence-electron chi connectivity index (χ3n) is 3.03. The molecule has 1 aromatic heterocycles. The van der Waals surface area contributed by atoms with Crippen LogP contribution < -0.4 is 5.32 Å². The van der Waals surface area contributed by atoms with Crippen LogP contribution in [0, 0.1) is 0 Å². The monoisotopic (exact) mass is 245 g/mol. The van der Waals surface area contributed by atoms with E-state index in [0.29, 0.717) is 11.9 Å². The Balaban J connectivity index is 1.74. The molecule has 0 aliphatic carbocycles. The average molecular weight is 245 g/mol. The molecule has 2 aromatic rings. The quantitative estimate of drug-likeness (QED) is 0.882. The lowest BCUT2D eigenvalue weighted by Crippen LogP contribution is -2.42. The summed E-state index contributed by atoms with van der Waals surface area (Å²) in [6, 6.07) is 8.60. The van der Waals surface area contributed by atoms with E-state index in [4.69, 9.17) is 9.26 Å². The predicted molar refractivity (Wildman–Crippen MR) is 66.0 cm³/mol. The Morgan fingerprint density at radius 1 is 1.39 bits per heavy atom. The van der Waals surface area contributed by atoms with E-state index < -0.39 is 0 Å². The first-order chi connectivity index (χ1) is 8.92. The van der Waals surface area contributed by atoms with Crippen LogP contribution in [-0.4, -0.2) is 35.9 Å². The fraction of sp³-hybridized carbons (Fsp3) is 0.385. The SMILES string of the molecule is c1cc(CC2COCCN2)cc(-c2ncon2)c1. The molecule has 5 nitrogen and oxygen atoms in total. The average Bonchev–Trinajstić information content (AvgIpc) is 2.94. The van der Waals surface area contributed by atoms with Crippen molar-refractivity contribution >= 4 is 0 Å². The molecule has 1 aliphatic rings. The van der Waals surface area contributed by atoms with Crippen LogP contribution in [0.2, 0.25) is 0 Å². The van der Waals surface area contributed by atoms with Crippen molar-refractivity contribution in [3.05, 3.63) is 36.2 Å². The Kier molecular flexibility index (Phi) is 3.34. The highest BCUT2D eigenvalue weighted by Crippen LogP contribution is 2.17. The molecule has 1 atom stereocenters. The molecule has 5 heteroatoms. The normalized spacial score (nSPS) is 19.9. The fourth-order valence-electron chi connectivity index (χ4n) is 2.17. The second-order valence-corrected chi connectivity index (χ2v) is 4.39. The number of benzene rings is 1. The zero-order chi connectivity index (χ0) is 12.2. The van der Waals surface area contributed by atoms with Crippen molar-refractivity contribution in [1.82, 2.24) is 15.5 Å². The van der Waals surface area contributed by atoms with Crippen LogP contribution in [0.5, 0.6) is 0 Å². The van der Waals surface area contributed by atoms with Crippen LogP contribution in [0.3, 0.4) is 0 Å². The largest absolute Gasteiger partial charge is 0.379 e. The smallest absolute Gasteiger partial charge is 0.214 e. The van der Waals surface area contributed by atoms with Gasteiger partial charge in [-0.1, -0.05) is 23.4 Å². The highest BCUT2D eigenvalue weighted by Gasteiger charge is 2.14. The highest BCUT2D eigenvalue weighted by molar-refractivity contribution is 5.55. The molecule has 18 heavy (non-hydrogen) atoms. The van der Waals surface area contributed by atoms with E-state index in [1.807, 2.05) is 12.1 Å². The van der Waals surface area contributed by atoms with E-state index in [9.17, 15) is 0 Å². The summed E-state index contributed by atoms with van der Waals surface area (Å²) in [7, 11) is 0. The van der Waals surface area contributed by atoms with Gasteiger partial charge in [0, 0.05) is 18.2 Å². The summed E-state index contributed by atoms with van der Waals surface area (Å²) < 4.78 is 10.2. The van der Waals surface area contributed by atoms with Gasteiger partial charge in [0.2, 0.25) is 12.2 Å². The number of morpholine rings is 1. The van der Waals surface area contributed by atoms with Crippen LogP contribution in [0.1, 0.15) is 5.56 Å². The van der Waals surface area contributed by atoms with Gasteiger partial charge < -0.3 is 14.6 Å². The number of hydrogen-bond donors (Lipinski definition) is 1. The Morgan fingerprint density at radius 3 is 3.17 bits per heavy atom. The minimum absolute atomic E-state index is 0.388. The van der Waals surface area contributed by atoms with Gasteiger partial charge in [-0.2, -0.15) is 4.98 Å². The van der Waals surface area contributed by atoms with Gasteiger partial charge in [0.1, 0.15) is 0 Å². The first-order valence-electron chi connectivity index (χ1n) is 6.08. The van der Waals surface area contributed by atoms with E-state index >= 15 is 0 Å². The Bertz CT molecular complexity index is 493. The topological polar surface area (TPSA) is 60.2 Å². The number of nitrogens with zero attached hydrogens (tertiary/aromatic N) is 2. The second-order valence-electron chi connectivity index (χ2n) is 4.39. The maximum absolute atomic E-state index is 5.45. The summed E-state index contributed by atoms with van der Waals surface area (Å²) in [6.45, 7) is 2.50. The standard InChI is InChI=1S/C13H15N3O2/c1-2-10(7-12-8-17-5-4-14-12)6-11(3-1)13-15-9-18-16-13/h1-3,6,9,12,14H,4-5,7-8H2.